The van der Waals surface area contributed by atoms with Crippen molar-refractivity contribution in [1.29, 1.82) is 0 Å². The lowest BCUT2D eigenvalue weighted by Gasteiger charge is -2.23. The third-order valence-electron chi connectivity index (χ3n) is 5.29. The van der Waals surface area contributed by atoms with Gasteiger partial charge in [-0.1, -0.05) is 31.0 Å². The van der Waals surface area contributed by atoms with E-state index in [0.29, 0.717) is 51.0 Å². The molecule has 26 heavy (non-hydrogen) atoms. The maximum atomic E-state index is 12.6. The normalized spacial score (nSPS) is 19.4. The minimum absolute atomic E-state index is 0.0431. The zero-order valence-corrected chi connectivity index (χ0v) is 15.8. The molecule has 2 aliphatic rings. The molecule has 0 spiro atoms. The van der Waals surface area contributed by atoms with E-state index in [-0.39, 0.29) is 17.1 Å². The van der Waals surface area contributed by atoms with E-state index in [4.69, 9.17) is 0 Å². The van der Waals surface area contributed by atoms with Crippen LogP contribution < -0.4 is 0 Å². The van der Waals surface area contributed by atoms with E-state index in [1.54, 1.807) is 21.9 Å². The maximum absolute atomic E-state index is 12.6. The van der Waals surface area contributed by atoms with Crippen LogP contribution in [0, 0.1) is 0 Å². The van der Waals surface area contributed by atoms with Gasteiger partial charge in [0.1, 0.15) is 5.75 Å². The Kier molecular flexibility index (Phi) is 5.96. The second-order valence-electron chi connectivity index (χ2n) is 7.11. The Morgan fingerprint density at radius 1 is 0.885 bits per heavy atom. The topological polar surface area (TPSA) is 74.8 Å². The summed E-state index contributed by atoms with van der Waals surface area (Å²) in [5.41, 5.74) is 0.635. The van der Waals surface area contributed by atoms with Gasteiger partial charge in [-0.3, -0.25) is 9.59 Å². The zero-order chi connectivity index (χ0) is 18.6. The highest BCUT2D eigenvalue weighted by molar-refractivity contribution is 7.92. The van der Waals surface area contributed by atoms with Crippen LogP contribution >= 0.6 is 0 Å². The second-order valence-corrected chi connectivity index (χ2v) is 9.39. The molecule has 7 heteroatoms. The van der Waals surface area contributed by atoms with Gasteiger partial charge in [-0.15, -0.1) is 0 Å². The first-order chi connectivity index (χ1) is 12.5. The number of carbonyl (C=O) groups excluding carboxylic acids is 2. The summed E-state index contributed by atoms with van der Waals surface area (Å²) >= 11 is 0. The first-order valence-electron chi connectivity index (χ1n) is 9.31. The Hall–Kier alpha value is -1.89. The zero-order valence-electron chi connectivity index (χ0n) is 15.0. The number of hydrogen-bond donors (Lipinski definition) is 0. The van der Waals surface area contributed by atoms with Gasteiger partial charge in [-0.05, 0) is 31.4 Å². The Labute approximate surface area is 155 Å². The second kappa shape index (κ2) is 8.20. The lowest BCUT2D eigenvalue weighted by atomic mass is 10.2. The third kappa shape index (κ3) is 4.44. The average Bonchev–Trinajstić information content (AvgIpc) is 3.07. The van der Waals surface area contributed by atoms with Crippen molar-refractivity contribution < 1.29 is 18.0 Å². The van der Waals surface area contributed by atoms with Gasteiger partial charge in [-0.25, -0.2) is 8.42 Å². The Balaban J connectivity index is 1.58. The monoisotopic (exact) mass is 378 g/mol. The summed E-state index contributed by atoms with van der Waals surface area (Å²) in [5, 5.41) is -0.352. The summed E-state index contributed by atoms with van der Waals surface area (Å²) < 4.78 is 24.8. The van der Waals surface area contributed by atoms with E-state index >= 15 is 0 Å². The van der Waals surface area contributed by atoms with Crippen LogP contribution in [0.15, 0.2) is 30.3 Å². The number of carbonyl (C=O) groups is 2. The van der Waals surface area contributed by atoms with Gasteiger partial charge in [-0.2, -0.15) is 0 Å². The average molecular weight is 378 g/mol. The fourth-order valence-electron chi connectivity index (χ4n) is 3.76. The molecule has 2 fully saturated rings. The predicted molar refractivity (Wildman–Crippen MR) is 99.6 cm³/mol. The van der Waals surface area contributed by atoms with Crippen molar-refractivity contribution in [3.63, 3.8) is 0 Å². The van der Waals surface area contributed by atoms with Crippen LogP contribution in [0.3, 0.4) is 0 Å². The lowest BCUT2D eigenvalue weighted by molar-refractivity contribution is -0.128. The molecule has 1 saturated heterocycles. The summed E-state index contributed by atoms with van der Waals surface area (Å²) in [6.45, 7) is 1.89. The maximum Gasteiger partial charge on any atom is 0.253 e. The molecule has 3 rings (SSSR count). The minimum atomic E-state index is -3.37. The van der Waals surface area contributed by atoms with Crippen LogP contribution in [0.25, 0.3) is 0 Å². The molecular weight excluding hydrogens is 352 g/mol. The number of rotatable bonds is 4. The van der Waals surface area contributed by atoms with Gasteiger partial charge in [0.05, 0.1) is 5.25 Å². The predicted octanol–water partition coefficient (Wildman–Crippen LogP) is 1.72. The SMILES string of the molecule is O=C(CS(=O)(=O)C1CCCC1)N1CCCN(C(=O)c2ccccc2)CC1. The van der Waals surface area contributed by atoms with Crippen molar-refractivity contribution in [2.45, 2.75) is 37.4 Å². The number of sulfone groups is 1. The summed E-state index contributed by atoms with van der Waals surface area (Å²) in [5.74, 6) is -0.769. The summed E-state index contributed by atoms with van der Waals surface area (Å²) in [4.78, 5) is 28.4. The summed E-state index contributed by atoms with van der Waals surface area (Å²) in [7, 11) is -3.37. The molecule has 142 valence electrons. The van der Waals surface area contributed by atoms with Gasteiger partial charge < -0.3 is 9.80 Å². The molecule has 0 radical (unpaired) electrons. The van der Waals surface area contributed by atoms with Crippen molar-refractivity contribution in [3.8, 4) is 0 Å². The molecule has 2 amide bonds. The van der Waals surface area contributed by atoms with Crippen molar-refractivity contribution in [1.82, 2.24) is 9.80 Å². The van der Waals surface area contributed by atoms with Crippen LogP contribution in [0.4, 0.5) is 0 Å². The number of nitrogens with zero attached hydrogens (tertiary/aromatic N) is 2. The third-order valence-corrected chi connectivity index (χ3v) is 7.43. The summed E-state index contributed by atoms with van der Waals surface area (Å²) in [6, 6.07) is 9.09. The lowest BCUT2D eigenvalue weighted by Crippen LogP contribution is -2.41. The Morgan fingerprint density at radius 3 is 2.19 bits per heavy atom. The van der Waals surface area contributed by atoms with E-state index in [2.05, 4.69) is 0 Å². The summed E-state index contributed by atoms with van der Waals surface area (Å²) in [6.07, 6.45) is 3.87. The first kappa shape index (κ1) is 18.9. The van der Waals surface area contributed by atoms with Crippen LogP contribution in [0.1, 0.15) is 42.5 Å². The Morgan fingerprint density at radius 2 is 1.50 bits per heavy atom. The van der Waals surface area contributed by atoms with Crippen molar-refractivity contribution in [2.75, 3.05) is 31.9 Å². The van der Waals surface area contributed by atoms with Gasteiger partial charge >= 0.3 is 0 Å². The molecule has 1 aromatic carbocycles. The van der Waals surface area contributed by atoms with Crippen LogP contribution in [0.2, 0.25) is 0 Å². The van der Waals surface area contributed by atoms with E-state index in [9.17, 15) is 18.0 Å². The van der Waals surface area contributed by atoms with Crippen molar-refractivity contribution in [2.24, 2.45) is 0 Å². The molecule has 1 aliphatic carbocycles. The first-order valence-corrected chi connectivity index (χ1v) is 11.0. The molecule has 6 nitrogen and oxygen atoms in total. The van der Waals surface area contributed by atoms with E-state index < -0.39 is 15.6 Å². The van der Waals surface area contributed by atoms with Crippen molar-refractivity contribution in [3.05, 3.63) is 35.9 Å². The quantitative estimate of drug-likeness (QED) is 0.800. The van der Waals surface area contributed by atoms with Crippen LogP contribution in [0.5, 0.6) is 0 Å². The fourth-order valence-corrected chi connectivity index (χ4v) is 5.58. The number of amides is 2. The highest BCUT2D eigenvalue weighted by Gasteiger charge is 2.32. The molecule has 1 aliphatic heterocycles. The molecule has 1 saturated carbocycles. The van der Waals surface area contributed by atoms with E-state index in [0.717, 1.165) is 12.8 Å². The fraction of sp³-hybridized carbons (Fsp3) is 0.579. The minimum Gasteiger partial charge on any atom is -0.340 e. The molecule has 1 heterocycles. The van der Waals surface area contributed by atoms with E-state index in [1.807, 2.05) is 18.2 Å². The van der Waals surface area contributed by atoms with Gasteiger partial charge in [0.2, 0.25) is 5.91 Å². The highest BCUT2D eigenvalue weighted by Crippen LogP contribution is 2.25. The highest BCUT2D eigenvalue weighted by atomic mass is 32.2. The van der Waals surface area contributed by atoms with Gasteiger partial charge in [0.15, 0.2) is 9.84 Å². The molecular formula is C19H26N2O4S. The molecule has 0 bridgehead atoms. The smallest absolute Gasteiger partial charge is 0.253 e. The van der Waals surface area contributed by atoms with Crippen LogP contribution in [-0.4, -0.2) is 67.2 Å². The van der Waals surface area contributed by atoms with Crippen molar-refractivity contribution >= 4 is 21.7 Å². The molecule has 1 aromatic rings. The van der Waals surface area contributed by atoms with Crippen LogP contribution in [-0.2, 0) is 14.6 Å². The van der Waals surface area contributed by atoms with E-state index in [1.165, 1.54) is 0 Å². The largest absolute Gasteiger partial charge is 0.340 e. The molecule has 0 unspecified atom stereocenters. The number of benzene rings is 1. The Bertz CT molecular complexity index is 742. The standard InChI is InChI=1S/C19H26N2O4S/c22-18(15-26(24,25)17-9-4-5-10-17)20-11-6-12-21(14-13-20)19(23)16-7-2-1-3-8-16/h1-3,7-8,17H,4-6,9-15H2. The van der Waals surface area contributed by atoms with Gasteiger partial charge in [0.25, 0.3) is 5.91 Å². The van der Waals surface area contributed by atoms with Gasteiger partial charge in [0, 0.05) is 31.7 Å². The molecule has 0 atom stereocenters. The molecule has 0 aromatic heterocycles. The number of hydrogen-bond acceptors (Lipinski definition) is 4. The molecule has 0 N–H and O–H groups in total.